The maximum absolute atomic E-state index is 13.1. The van der Waals surface area contributed by atoms with Gasteiger partial charge >= 0.3 is 6.18 Å². The highest BCUT2D eigenvalue weighted by Gasteiger charge is 2.31. The average molecular weight is 424 g/mol. The zero-order valence-electron chi connectivity index (χ0n) is 16.6. The molecule has 1 heterocycles. The second-order valence-corrected chi connectivity index (χ2v) is 7.21. The minimum Gasteiger partial charge on any atom is -0.397 e. The van der Waals surface area contributed by atoms with Gasteiger partial charge in [0.15, 0.2) is 0 Å². The van der Waals surface area contributed by atoms with Crippen LogP contribution in [-0.2, 0) is 12.7 Å². The fourth-order valence-electron chi connectivity index (χ4n) is 3.38. The Morgan fingerprint density at radius 2 is 1.77 bits per heavy atom. The van der Waals surface area contributed by atoms with E-state index in [9.17, 15) is 18.0 Å². The normalized spacial score (nSPS) is 11.6. The van der Waals surface area contributed by atoms with Gasteiger partial charge in [-0.15, -0.1) is 0 Å². The van der Waals surface area contributed by atoms with Crippen LogP contribution in [0.2, 0.25) is 0 Å². The van der Waals surface area contributed by atoms with Gasteiger partial charge < -0.3 is 11.1 Å². The molecule has 4 aromatic rings. The van der Waals surface area contributed by atoms with Gasteiger partial charge in [-0.25, -0.2) is 0 Å². The van der Waals surface area contributed by atoms with Gasteiger partial charge in [0, 0.05) is 10.9 Å². The Morgan fingerprint density at radius 1 is 1.06 bits per heavy atom. The number of nitrogens with one attached hydrogen (secondary N) is 1. The molecule has 0 saturated heterocycles. The molecule has 0 atom stereocenters. The minimum absolute atomic E-state index is 0.277. The number of nitrogen functional groups attached to an aromatic ring is 1. The van der Waals surface area contributed by atoms with Crippen molar-refractivity contribution in [2.45, 2.75) is 19.6 Å². The molecule has 0 aliphatic heterocycles. The molecule has 0 aliphatic carbocycles. The monoisotopic (exact) mass is 424 g/mol. The SMILES string of the molecule is Cc1nn(Cc2ccc(C(=O)Nc3ccccc3N)cc2)c2cc(C(F)(F)F)ccc12. The molecule has 0 aliphatic rings. The molecule has 1 aromatic heterocycles. The lowest BCUT2D eigenvalue weighted by molar-refractivity contribution is -0.137. The molecule has 4 rings (SSSR count). The van der Waals surface area contributed by atoms with Crippen molar-refractivity contribution in [3.8, 4) is 0 Å². The fraction of sp³-hybridized carbons (Fsp3) is 0.130. The topological polar surface area (TPSA) is 72.9 Å². The summed E-state index contributed by atoms with van der Waals surface area (Å²) < 4.78 is 40.9. The van der Waals surface area contributed by atoms with Crippen molar-refractivity contribution in [2.24, 2.45) is 0 Å². The predicted octanol–water partition coefficient (Wildman–Crippen LogP) is 5.25. The van der Waals surface area contributed by atoms with Crippen LogP contribution in [0.3, 0.4) is 0 Å². The van der Waals surface area contributed by atoms with E-state index in [0.717, 1.165) is 17.7 Å². The van der Waals surface area contributed by atoms with Crippen LogP contribution in [-0.4, -0.2) is 15.7 Å². The highest BCUT2D eigenvalue weighted by molar-refractivity contribution is 6.05. The summed E-state index contributed by atoms with van der Waals surface area (Å²) in [4.78, 5) is 12.5. The highest BCUT2D eigenvalue weighted by atomic mass is 19.4. The summed E-state index contributed by atoms with van der Waals surface area (Å²) in [6.07, 6.45) is -4.42. The highest BCUT2D eigenvalue weighted by Crippen LogP contribution is 2.32. The zero-order chi connectivity index (χ0) is 22.2. The molecule has 8 heteroatoms. The van der Waals surface area contributed by atoms with Crippen LogP contribution in [0, 0.1) is 6.92 Å². The predicted molar refractivity (Wildman–Crippen MR) is 114 cm³/mol. The van der Waals surface area contributed by atoms with E-state index < -0.39 is 11.7 Å². The molecule has 31 heavy (non-hydrogen) atoms. The second kappa shape index (κ2) is 7.79. The number of aryl methyl sites for hydroxylation is 1. The number of anilines is 2. The first kappa shape index (κ1) is 20.5. The number of hydrogen-bond acceptors (Lipinski definition) is 3. The summed E-state index contributed by atoms with van der Waals surface area (Å²) in [5.74, 6) is -0.306. The molecule has 0 fully saturated rings. The Labute approximate surface area is 176 Å². The average Bonchev–Trinajstić information content (AvgIpc) is 3.04. The quantitative estimate of drug-likeness (QED) is 0.440. The van der Waals surface area contributed by atoms with Crippen molar-refractivity contribution in [1.82, 2.24) is 9.78 Å². The standard InChI is InChI=1S/C23H19F3N4O/c1-14-18-11-10-17(23(24,25)26)12-21(18)30(29-14)13-15-6-8-16(9-7-15)22(31)28-20-5-3-2-4-19(20)27/h2-12H,13,27H2,1H3,(H,28,31). The number of hydrogen-bond donors (Lipinski definition) is 2. The van der Waals surface area contributed by atoms with E-state index in [1.807, 2.05) is 0 Å². The largest absolute Gasteiger partial charge is 0.416 e. The van der Waals surface area contributed by atoms with Crippen molar-refractivity contribution in [1.29, 1.82) is 0 Å². The Balaban J connectivity index is 1.56. The Morgan fingerprint density at radius 3 is 2.45 bits per heavy atom. The van der Waals surface area contributed by atoms with Crippen LogP contribution in [0.5, 0.6) is 0 Å². The molecule has 0 unspecified atom stereocenters. The van der Waals surface area contributed by atoms with Gasteiger partial charge in [-0.3, -0.25) is 9.48 Å². The second-order valence-electron chi connectivity index (χ2n) is 7.21. The van der Waals surface area contributed by atoms with E-state index in [2.05, 4.69) is 10.4 Å². The van der Waals surface area contributed by atoms with E-state index in [0.29, 0.717) is 33.5 Å². The summed E-state index contributed by atoms with van der Waals surface area (Å²) in [6.45, 7) is 2.04. The van der Waals surface area contributed by atoms with Crippen molar-refractivity contribution in [2.75, 3.05) is 11.1 Å². The summed E-state index contributed by atoms with van der Waals surface area (Å²) >= 11 is 0. The first-order chi connectivity index (χ1) is 14.7. The third-order valence-corrected chi connectivity index (χ3v) is 5.02. The molecule has 158 valence electrons. The Hall–Kier alpha value is -3.81. The van der Waals surface area contributed by atoms with Crippen molar-refractivity contribution in [3.63, 3.8) is 0 Å². The van der Waals surface area contributed by atoms with Crippen LogP contribution in [0.1, 0.15) is 27.2 Å². The molecule has 1 amide bonds. The molecule has 0 saturated carbocycles. The van der Waals surface area contributed by atoms with Gasteiger partial charge in [0.25, 0.3) is 5.91 Å². The number of alkyl halides is 3. The lowest BCUT2D eigenvalue weighted by Gasteiger charge is -2.10. The van der Waals surface area contributed by atoms with Gasteiger partial charge in [-0.2, -0.15) is 18.3 Å². The van der Waals surface area contributed by atoms with Crippen LogP contribution in [0.15, 0.2) is 66.7 Å². The van der Waals surface area contributed by atoms with Gasteiger partial charge in [0.1, 0.15) is 0 Å². The lowest BCUT2D eigenvalue weighted by atomic mass is 10.1. The maximum atomic E-state index is 13.1. The number of halogens is 3. The summed E-state index contributed by atoms with van der Waals surface area (Å²) in [7, 11) is 0. The van der Waals surface area contributed by atoms with E-state index in [-0.39, 0.29) is 12.5 Å². The smallest absolute Gasteiger partial charge is 0.397 e. The molecule has 0 spiro atoms. The molecule has 5 nitrogen and oxygen atoms in total. The molecule has 3 aromatic carbocycles. The van der Waals surface area contributed by atoms with Crippen LogP contribution in [0.25, 0.3) is 10.9 Å². The minimum atomic E-state index is -4.42. The van der Waals surface area contributed by atoms with Gasteiger partial charge in [-0.1, -0.05) is 30.3 Å². The number of benzene rings is 3. The van der Waals surface area contributed by atoms with Gasteiger partial charge in [0.2, 0.25) is 0 Å². The number of carbonyl (C=O) groups excluding carboxylic acids is 1. The van der Waals surface area contributed by atoms with Crippen molar-refractivity contribution < 1.29 is 18.0 Å². The number of amides is 1. The number of nitrogens with two attached hydrogens (primary N) is 1. The zero-order valence-corrected chi connectivity index (χ0v) is 16.6. The molecule has 0 bridgehead atoms. The fourth-order valence-corrected chi connectivity index (χ4v) is 3.38. The first-order valence-corrected chi connectivity index (χ1v) is 9.51. The van der Waals surface area contributed by atoms with E-state index in [4.69, 9.17) is 5.73 Å². The van der Waals surface area contributed by atoms with Crippen LogP contribution in [0.4, 0.5) is 24.5 Å². The molecular formula is C23H19F3N4O. The molecular weight excluding hydrogens is 405 g/mol. The number of aromatic nitrogens is 2. The van der Waals surface area contributed by atoms with Crippen molar-refractivity contribution in [3.05, 3.63) is 89.1 Å². The summed E-state index contributed by atoms with van der Waals surface area (Å²) in [6, 6.07) is 17.4. The van der Waals surface area contributed by atoms with Crippen molar-refractivity contribution >= 4 is 28.2 Å². The number of nitrogens with zero attached hydrogens (tertiary/aromatic N) is 2. The number of para-hydroxylation sites is 2. The van der Waals surface area contributed by atoms with Gasteiger partial charge in [-0.05, 0) is 48.9 Å². The summed E-state index contributed by atoms with van der Waals surface area (Å²) in [5, 5.41) is 7.81. The Kier molecular flexibility index (Phi) is 5.14. The third-order valence-electron chi connectivity index (χ3n) is 5.02. The number of fused-ring (bicyclic) bond motifs is 1. The first-order valence-electron chi connectivity index (χ1n) is 9.51. The lowest BCUT2D eigenvalue weighted by Crippen LogP contribution is -2.13. The molecule has 0 radical (unpaired) electrons. The number of rotatable bonds is 4. The Bertz CT molecular complexity index is 1260. The van der Waals surface area contributed by atoms with Crippen LogP contribution >= 0.6 is 0 Å². The van der Waals surface area contributed by atoms with E-state index in [1.165, 1.54) is 6.07 Å². The van der Waals surface area contributed by atoms with E-state index >= 15 is 0 Å². The van der Waals surface area contributed by atoms with Gasteiger partial charge in [0.05, 0.1) is 34.7 Å². The third kappa shape index (κ3) is 4.23. The maximum Gasteiger partial charge on any atom is 0.416 e. The van der Waals surface area contributed by atoms with Crippen LogP contribution < -0.4 is 11.1 Å². The molecule has 3 N–H and O–H groups in total. The summed E-state index contributed by atoms with van der Waals surface area (Å²) in [5.41, 5.74) is 8.43. The number of carbonyl (C=O) groups is 1. The van der Waals surface area contributed by atoms with E-state index in [1.54, 1.807) is 60.1 Å².